The summed E-state index contributed by atoms with van der Waals surface area (Å²) < 4.78 is 11.0. The van der Waals surface area contributed by atoms with E-state index in [1.54, 1.807) is 6.20 Å². The molecule has 3 heterocycles. The summed E-state index contributed by atoms with van der Waals surface area (Å²) in [5.41, 5.74) is 17.2. The largest absolute Gasteiger partial charge is 0.504 e. The molecule has 5 aromatic carbocycles. The van der Waals surface area contributed by atoms with Crippen molar-refractivity contribution in [3.05, 3.63) is 160 Å². The van der Waals surface area contributed by atoms with Crippen molar-refractivity contribution in [3.8, 4) is 39.6 Å². The maximum atomic E-state index is 6.68. The fourth-order valence-corrected chi connectivity index (χ4v) is 9.43. The molecule has 1 aliphatic carbocycles. The van der Waals surface area contributed by atoms with E-state index in [2.05, 4.69) is 177 Å². The molecule has 0 unspecified atom stereocenters. The van der Waals surface area contributed by atoms with Gasteiger partial charge in [-0.15, -0.1) is 41.5 Å². The van der Waals surface area contributed by atoms with Crippen molar-refractivity contribution in [2.24, 2.45) is 7.05 Å². The van der Waals surface area contributed by atoms with Crippen LogP contribution in [-0.4, -0.2) is 9.55 Å². The Morgan fingerprint density at radius 1 is 0.610 bits per heavy atom. The molecule has 2 aliphatic rings. The number of pyridine rings is 1. The van der Waals surface area contributed by atoms with Gasteiger partial charge in [-0.1, -0.05) is 149 Å². The molecule has 5 heteroatoms. The molecule has 2 aromatic heterocycles. The average Bonchev–Trinajstić information content (AvgIpc) is 3.65. The van der Waals surface area contributed by atoms with Crippen LogP contribution in [0.3, 0.4) is 0 Å². The van der Waals surface area contributed by atoms with Gasteiger partial charge in [0, 0.05) is 44.2 Å². The molecule has 0 saturated heterocycles. The predicted molar refractivity (Wildman–Crippen MR) is 236 cm³/mol. The number of imidazole rings is 1. The van der Waals surface area contributed by atoms with E-state index in [0.29, 0.717) is 11.5 Å². The second kappa shape index (κ2) is 13.6. The number of benzene rings is 5. The van der Waals surface area contributed by atoms with E-state index in [-0.39, 0.29) is 42.7 Å². The Morgan fingerprint density at radius 3 is 1.76 bits per heavy atom. The first-order valence-electron chi connectivity index (χ1n) is 20.7. The first-order chi connectivity index (χ1) is 27.2. The molecular formula is C54H55N3OPt-2. The zero-order valence-electron chi connectivity index (χ0n) is 36.8. The molecule has 0 fully saturated rings. The smallest absolute Gasteiger partial charge is 0.242 e. The summed E-state index contributed by atoms with van der Waals surface area (Å²) in [4.78, 5) is 4.56. The number of nitrogens with zero attached hydrogens (tertiary/aromatic N) is 3. The van der Waals surface area contributed by atoms with Crippen LogP contribution in [0.1, 0.15) is 128 Å². The van der Waals surface area contributed by atoms with Gasteiger partial charge in [-0.25, -0.2) is 0 Å². The predicted octanol–water partition coefficient (Wildman–Crippen LogP) is 12.6. The molecule has 1 spiro atoms. The number of para-hydroxylation sites is 1. The topological polar surface area (TPSA) is 30.9 Å². The van der Waals surface area contributed by atoms with E-state index < -0.39 is 5.41 Å². The number of fused-ring (bicyclic) bond motifs is 9. The third-order valence-electron chi connectivity index (χ3n) is 12.4. The molecule has 59 heavy (non-hydrogen) atoms. The summed E-state index contributed by atoms with van der Waals surface area (Å²) >= 11 is 0. The number of hydrogen-bond acceptors (Lipinski definition) is 2. The van der Waals surface area contributed by atoms with Crippen molar-refractivity contribution in [1.29, 1.82) is 0 Å². The summed E-state index contributed by atoms with van der Waals surface area (Å²) in [5.74, 6) is 1.24. The van der Waals surface area contributed by atoms with Crippen molar-refractivity contribution in [2.75, 3.05) is 0 Å². The monoisotopic (exact) mass is 956 g/mol. The minimum Gasteiger partial charge on any atom is -0.504 e. The van der Waals surface area contributed by atoms with Gasteiger partial charge >= 0.3 is 0 Å². The fourth-order valence-electron chi connectivity index (χ4n) is 9.43. The van der Waals surface area contributed by atoms with Gasteiger partial charge in [0.15, 0.2) is 0 Å². The zero-order valence-corrected chi connectivity index (χ0v) is 39.1. The first-order valence-corrected chi connectivity index (χ1v) is 20.7. The summed E-state index contributed by atoms with van der Waals surface area (Å²) in [6.07, 6.45) is 5.51. The van der Waals surface area contributed by atoms with Gasteiger partial charge in [0.25, 0.3) is 0 Å². The molecule has 9 rings (SSSR count). The minimum absolute atomic E-state index is 0. The van der Waals surface area contributed by atoms with Crippen LogP contribution in [0.4, 0.5) is 0 Å². The van der Waals surface area contributed by atoms with Crippen LogP contribution >= 0.6 is 0 Å². The quantitative estimate of drug-likeness (QED) is 0.130. The number of aryl methyl sites for hydroxylation is 1. The van der Waals surface area contributed by atoms with Gasteiger partial charge < -0.3 is 18.9 Å². The molecule has 7 aromatic rings. The normalized spacial score (nSPS) is 14.2. The molecule has 0 amide bonds. The SMILES string of the molecule is C[n+]1[c-]n2c3c(cccc31)C1(c3ccc(Oc4[c-]c(-c5ccccn5)ccc4)[c-]c3-2)c2c(cc(C(C)(C)C)cc2C(C)(C)C)-c2cc(C(C)(C)C)cc(C(C)(C)C)c21.[Pt]. The molecular weight excluding hydrogens is 902 g/mol. The van der Waals surface area contributed by atoms with Gasteiger partial charge in [0.1, 0.15) is 0 Å². The van der Waals surface area contributed by atoms with Crippen LogP contribution in [0.2, 0.25) is 0 Å². The number of hydrogen-bond donors (Lipinski definition) is 0. The zero-order chi connectivity index (χ0) is 41.3. The molecule has 0 atom stereocenters. The average molecular weight is 957 g/mol. The summed E-state index contributed by atoms with van der Waals surface area (Å²) in [7, 11) is 2.10. The minimum atomic E-state index is -0.660. The van der Waals surface area contributed by atoms with Crippen LogP contribution in [0.15, 0.2) is 97.2 Å². The van der Waals surface area contributed by atoms with E-state index >= 15 is 0 Å². The Kier molecular flexibility index (Phi) is 9.45. The van der Waals surface area contributed by atoms with Crippen molar-refractivity contribution < 1.29 is 30.4 Å². The third-order valence-corrected chi connectivity index (χ3v) is 12.4. The van der Waals surface area contributed by atoms with Gasteiger partial charge in [-0.3, -0.25) is 0 Å². The Labute approximate surface area is 366 Å². The van der Waals surface area contributed by atoms with Crippen LogP contribution in [0.5, 0.6) is 11.5 Å². The van der Waals surface area contributed by atoms with Crippen LogP contribution in [-0.2, 0) is 55.2 Å². The Hall–Kier alpha value is -4.79. The Bertz CT molecular complexity index is 2720. The molecule has 0 bridgehead atoms. The van der Waals surface area contributed by atoms with Gasteiger partial charge in [0.05, 0.1) is 18.1 Å². The number of ether oxygens (including phenoxy) is 1. The molecule has 0 radical (unpaired) electrons. The van der Waals surface area contributed by atoms with Crippen molar-refractivity contribution >= 4 is 11.0 Å². The molecule has 0 saturated carbocycles. The second-order valence-electron chi connectivity index (χ2n) is 20.6. The van der Waals surface area contributed by atoms with Crippen LogP contribution in [0.25, 0.3) is 39.1 Å². The standard InChI is InChI=1S/C54H55N3O.Pt/c1-50(2,3)34-27-38-39-28-35(51(4,5)6)30-43(53(10,11)12)48(39)54(47(38)42(29-34)52(7,8)9)40-24-23-37(58-36-19-16-18-33(26-36)44-21-14-15-25-55-44)31-46(40)57-32-56(13)45-22-17-20-41(54)49(45)57;/h14-25,27-30H,1-13H3;/q-2;. The van der Waals surface area contributed by atoms with E-state index in [1.165, 1.54) is 55.6 Å². The summed E-state index contributed by atoms with van der Waals surface area (Å²) in [6.45, 7) is 28.4. The van der Waals surface area contributed by atoms with Crippen LogP contribution in [0, 0.1) is 18.5 Å². The molecule has 4 nitrogen and oxygen atoms in total. The Balaban J connectivity index is 0.00000484. The van der Waals surface area contributed by atoms with Gasteiger partial charge in [-0.05, 0) is 83.5 Å². The second-order valence-corrected chi connectivity index (χ2v) is 20.6. The maximum absolute atomic E-state index is 6.68. The van der Waals surface area contributed by atoms with Gasteiger partial charge in [-0.2, -0.15) is 6.07 Å². The summed E-state index contributed by atoms with van der Waals surface area (Å²) in [5, 5.41) is 0. The van der Waals surface area contributed by atoms with Crippen molar-refractivity contribution in [3.63, 3.8) is 0 Å². The molecule has 0 N–H and O–H groups in total. The molecule has 304 valence electrons. The van der Waals surface area contributed by atoms with Crippen molar-refractivity contribution in [2.45, 2.75) is 110 Å². The number of rotatable bonds is 3. The Morgan fingerprint density at radius 2 is 1.20 bits per heavy atom. The number of aromatic nitrogens is 3. The van der Waals surface area contributed by atoms with E-state index in [9.17, 15) is 0 Å². The van der Waals surface area contributed by atoms with Crippen molar-refractivity contribution in [1.82, 2.24) is 9.55 Å². The van der Waals surface area contributed by atoms with Crippen LogP contribution < -0.4 is 9.30 Å². The third kappa shape index (κ3) is 6.35. The van der Waals surface area contributed by atoms with E-state index in [4.69, 9.17) is 4.74 Å². The van der Waals surface area contributed by atoms with E-state index in [0.717, 1.165) is 28.0 Å². The van der Waals surface area contributed by atoms with E-state index in [1.807, 2.05) is 36.4 Å². The maximum Gasteiger partial charge on any atom is 0.242 e. The summed E-state index contributed by atoms with van der Waals surface area (Å²) in [6, 6.07) is 40.6. The van der Waals surface area contributed by atoms with Gasteiger partial charge in [0.2, 0.25) is 6.33 Å². The fraction of sp³-hybridized carbons (Fsp3) is 0.333. The first kappa shape index (κ1) is 41.0. The molecule has 1 aliphatic heterocycles.